The van der Waals surface area contributed by atoms with Gasteiger partial charge >= 0.3 is 5.69 Å². The molecule has 1 heterocycles. The fourth-order valence-corrected chi connectivity index (χ4v) is 1.98. The van der Waals surface area contributed by atoms with Gasteiger partial charge in [0.2, 0.25) is 11.8 Å². The van der Waals surface area contributed by atoms with Gasteiger partial charge in [0.05, 0.1) is 0 Å². The number of carbonyl (C=O) groups is 1. The summed E-state index contributed by atoms with van der Waals surface area (Å²) in [6, 6.07) is 8.54. The average molecular weight is 289 g/mol. The molecule has 2 aromatic rings. The number of carbonyl (C=O) groups excluding carboxylic acids is 1. The molecule has 0 aliphatic rings. The summed E-state index contributed by atoms with van der Waals surface area (Å²) in [6.07, 6.45) is 0. The molecule has 0 spiro atoms. The molecule has 0 atom stereocenters. The van der Waals surface area contributed by atoms with Crippen LogP contribution in [0.5, 0.6) is 5.88 Å². The minimum atomic E-state index is -0.720. The largest absolute Gasteiger partial charge is 0.494 e. The smallest absolute Gasteiger partial charge is 0.331 e. The van der Waals surface area contributed by atoms with E-state index in [0.29, 0.717) is 5.56 Å². The third kappa shape index (κ3) is 3.19. The Bertz CT molecular complexity index is 762. The summed E-state index contributed by atoms with van der Waals surface area (Å²) in [6.45, 7) is 1.58. The number of hydrogen-bond acceptors (Lipinski definition) is 4. The van der Waals surface area contributed by atoms with Crippen molar-refractivity contribution in [1.82, 2.24) is 14.9 Å². The second-order valence-electron chi connectivity index (χ2n) is 4.46. The van der Waals surface area contributed by atoms with Crippen molar-refractivity contribution in [2.24, 2.45) is 0 Å². The summed E-state index contributed by atoms with van der Waals surface area (Å²) in [7, 11) is 0. The maximum Gasteiger partial charge on any atom is 0.331 e. The summed E-state index contributed by atoms with van der Waals surface area (Å²) >= 11 is 0. The fourth-order valence-electron chi connectivity index (χ4n) is 1.98. The molecule has 1 amide bonds. The van der Waals surface area contributed by atoms with Crippen LogP contribution in [-0.4, -0.2) is 27.1 Å². The van der Waals surface area contributed by atoms with E-state index in [1.54, 1.807) is 30.3 Å². The van der Waals surface area contributed by atoms with E-state index >= 15 is 0 Å². The van der Waals surface area contributed by atoms with Crippen molar-refractivity contribution >= 4 is 5.91 Å². The van der Waals surface area contributed by atoms with Crippen LogP contribution in [-0.2, 0) is 11.3 Å². The minimum absolute atomic E-state index is 0.0259. The molecule has 0 radical (unpaired) electrons. The van der Waals surface area contributed by atoms with Crippen molar-refractivity contribution in [3.8, 4) is 17.0 Å². The second-order valence-corrected chi connectivity index (χ2v) is 4.46. The minimum Gasteiger partial charge on any atom is -0.494 e. The van der Waals surface area contributed by atoms with Gasteiger partial charge in [-0.3, -0.25) is 19.1 Å². The Balaban J connectivity index is 2.46. The predicted octanol–water partition coefficient (Wildman–Crippen LogP) is 0.0453. The lowest BCUT2D eigenvalue weighted by Crippen LogP contribution is -2.34. The molecule has 0 aliphatic heterocycles. The van der Waals surface area contributed by atoms with Gasteiger partial charge in [0.25, 0.3) is 5.56 Å². The number of aromatic amines is 1. The number of hydrogen-bond donors (Lipinski definition) is 3. The third-order valence-corrected chi connectivity index (χ3v) is 2.94. The van der Waals surface area contributed by atoms with Crippen LogP contribution < -0.4 is 16.6 Å². The van der Waals surface area contributed by atoms with Crippen molar-refractivity contribution in [3.63, 3.8) is 0 Å². The number of aromatic nitrogens is 2. The summed E-state index contributed by atoms with van der Waals surface area (Å²) < 4.78 is 1.01. The Labute approximate surface area is 119 Å². The quantitative estimate of drug-likeness (QED) is 0.739. The van der Waals surface area contributed by atoms with Crippen LogP contribution in [0.15, 0.2) is 39.9 Å². The van der Waals surface area contributed by atoms with Crippen LogP contribution in [0.1, 0.15) is 6.92 Å². The van der Waals surface area contributed by atoms with E-state index in [1.165, 1.54) is 6.92 Å². The predicted molar refractivity (Wildman–Crippen MR) is 77.1 cm³/mol. The van der Waals surface area contributed by atoms with E-state index < -0.39 is 17.1 Å². The highest BCUT2D eigenvalue weighted by Gasteiger charge is 2.15. The molecule has 0 fully saturated rings. The Morgan fingerprint density at radius 3 is 2.57 bits per heavy atom. The lowest BCUT2D eigenvalue weighted by Gasteiger charge is -2.11. The lowest BCUT2D eigenvalue weighted by atomic mass is 10.1. The summed E-state index contributed by atoms with van der Waals surface area (Å²) in [5.74, 6) is -0.657. The molecule has 7 heteroatoms. The van der Waals surface area contributed by atoms with Crippen LogP contribution in [0.3, 0.4) is 0 Å². The van der Waals surface area contributed by atoms with Gasteiger partial charge in [0.15, 0.2) is 0 Å². The molecule has 2 rings (SSSR count). The number of amides is 1. The standard InChI is InChI=1S/C14H15N3O4/c1-9(18)15-7-8-17-13(20)11(12(19)16-14(17)21)10-5-3-2-4-6-10/h2-6,20H,7-8H2,1H3,(H,15,18)(H,16,19,21). The van der Waals surface area contributed by atoms with E-state index in [-0.39, 0.29) is 24.6 Å². The Morgan fingerprint density at radius 2 is 1.95 bits per heavy atom. The molecule has 21 heavy (non-hydrogen) atoms. The van der Waals surface area contributed by atoms with Crippen LogP contribution >= 0.6 is 0 Å². The van der Waals surface area contributed by atoms with Crippen LogP contribution in [0.2, 0.25) is 0 Å². The summed E-state index contributed by atoms with van der Waals surface area (Å²) in [5, 5.41) is 12.7. The van der Waals surface area contributed by atoms with Crippen molar-refractivity contribution in [1.29, 1.82) is 0 Å². The normalized spacial score (nSPS) is 10.3. The molecule has 7 nitrogen and oxygen atoms in total. The van der Waals surface area contributed by atoms with Gasteiger partial charge in [-0.15, -0.1) is 0 Å². The van der Waals surface area contributed by atoms with Crippen LogP contribution in [0.4, 0.5) is 0 Å². The maximum absolute atomic E-state index is 11.9. The number of H-pyrrole nitrogens is 1. The van der Waals surface area contributed by atoms with Gasteiger partial charge in [0.1, 0.15) is 5.56 Å². The number of nitrogens with zero attached hydrogens (tertiary/aromatic N) is 1. The highest BCUT2D eigenvalue weighted by molar-refractivity contribution is 5.72. The molecule has 0 saturated carbocycles. The number of nitrogens with one attached hydrogen (secondary N) is 2. The van der Waals surface area contributed by atoms with Gasteiger partial charge < -0.3 is 10.4 Å². The van der Waals surface area contributed by atoms with Gasteiger partial charge in [-0.25, -0.2) is 4.79 Å². The van der Waals surface area contributed by atoms with Gasteiger partial charge in [-0.2, -0.15) is 0 Å². The van der Waals surface area contributed by atoms with Crippen LogP contribution in [0.25, 0.3) is 11.1 Å². The topological polar surface area (TPSA) is 104 Å². The Hall–Kier alpha value is -2.83. The molecule has 0 aliphatic carbocycles. The van der Waals surface area contributed by atoms with E-state index in [9.17, 15) is 19.5 Å². The number of rotatable bonds is 4. The Morgan fingerprint density at radius 1 is 1.29 bits per heavy atom. The molecule has 0 unspecified atom stereocenters. The van der Waals surface area contributed by atoms with Crippen molar-refractivity contribution in [2.75, 3.05) is 6.54 Å². The monoisotopic (exact) mass is 289 g/mol. The molecular weight excluding hydrogens is 274 g/mol. The first-order valence-electron chi connectivity index (χ1n) is 6.36. The SMILES string of the molecule is CC(=O)NCCn1c(O)c(-c2ccccc2)c(=O)[nH]c1=O. The van der Waals surface area contributed by atoms with Crippen molar-refractivity contribution in [3.05, 3.63) is 51.2 Å². The van der Waals surface area contributed by atoms with Gasteiger partial charge in [-0.1, -0.05) is 30.3 Å². The Kier molecular flexibility index (Phi) is 4.22. The number of aromatic hydroxyl groups is 1. The molecule has 0 bridgehead atoms. The highest BCUT2D eigenvalue weighted by atomic mass is 16.3. The summed E-state index contributed by atoms with van der Waals surface area (Å²) in [4.78, 5) is 36.6. The third-order valence-electron chi connectivity index (χ3n) is 2.94. The molecule has 0 saturated heterocycles. The van der Waals surface area contributed by atoms with E-state index in [4.69, 9.17) is 0 Å². The second kappa shape index (κ2) is 6.08. The van der Waals surface area contributed by atoms with Crippen molar-refractivity contribution < 1.29 is 9.90 Å². The first-order chi connectivity index (χ1) is 10.0. The molecule has 1 aromatic carbocycles. The average Bonchev–Trinajstić information content (AvgIpc) is 2.43. The molecule has 1 aromatic heterocycles. The lowest BCUT2D eigenvalue weighted by molar-refractivity contribution is -0.119. The molecule has 110 valence electrons. The van der Waals surface area contributed by atoms with E-state index in [1.807, 2.05) is 0 Å². The molecular formula is C14H15N3O4. The van der Waals surface area contributed by atoms with Crippen molar-refractivity contribution in [2.45, 2.75) is 13.5 Å². The van der Waals surface area contributed by atoms with E-state index in [2.05, 4.69) is 10.3 Å². The van der Waals surface area contributed by atoms with Gasteiger partial charge in [-0.05, 0) is 5.56 Å². The summed E-state index contributed by atoms with van der Waals surface area (Å²) in [5.41, 5.74) is -0.843. The molecule has 3 N–H and O–H groups in total. The van der Waals surface area contributed by atoms with Crippen LogP contribution in [0, 0.1) is 0 Å². The number of benzene rings is 1. The highest BCUT2D eigenvalue weighted by Crippen LogP contribution is 2.23. The zero-order chi connectivity index (χ0) is 15.4. The fraction of sp³-hybridized carbons (Fsp3) is 0.214. The maximum atomic E-state index is 11.9. The zero-order valence-corrected chi connectivity index (χ0v) is 11.4. The first kappa shape index (κ1) is 14.6. The zero-order valence-electron chi connectivity index (χ0n) is 11.4. The van der Waals surface area contributed by atoms with E-state index in [0.717, 1.165) is 4.57 Å². The first-order valence-corrected chi connectivity index (χ1v) is 6.36. The van der Waals surface area contributed by atoms with Gasteiger partial charge in [0, 0.05) is 20.0 Å².